The molecule has 2 N–H and O–H groups in total. The minimum absolute atomic E-state index is 0.0842. The second-order valence-electron chi connectivity index (χ2n) is 8.02. The van der Waals surface area contributed by atoms with Crippen molar-refractivity contribution in [1.29, 1.82) is 0 Å². The molecule has 1 saturated carbocycles. The molecule has 0 aromatic rings. The van der Waals surface area contributed by atoms with E-state index in [-0.39, 0.29) is 18.1 Å². The number of Topliss-reactive ketones (excluding diaryl/α,β-unsaturated/α-hetero) is 1. The Labute approximate surface area is 139 Å². The minimum atomic E-state index is -0.482. The second kappa shape index (κ2) is 8.13. The van der Waals surface area contributed by atoms with Gasteiger partial charge in [-0.2, -0.15) is 0 Å². The van der Waals surface area contributed by atoms with Crippen LogP contribution >= 0.6 is 0 Å². The molecule has 2 fully saturated rings. The molecule has 1 heterocycles. The Bertz CT molecular complexity index is 417. The van der Waals surface area contributed by atoms with E-state index in [9.17, 15) is 9.59 Å². The molecule has 1 aliphatic heterocycles. The highest BCUT2D eigenvalue weighted by molar-refractivity contribution is 5.81. The molecule has 1 saturated heterocycles. The number of ether oxygens (including phenoxy) is 1. The largest absolute Gasteiger partial charge is 0.444 e. The smallest absolute Gasteiger partial charge is 0.407 e. The van der Waals surface area contributed by atoms with Crippen LogP contribution in [0, 0.1) is 5.92 Å². The van der Waals surface area contributed by atoms with Crippen molar-refractivity contribution in [3.63, 3.8) is 0 Å². The summed E-state index contributed by atoms with van der Waals surface area (Å²) in [5, 5.41) is 6.59. The predicted molar refractivity (Wildman–Crippen MR) is 90.4 cm³/mol. The Balaban J connectivity index is 1.96. The quantitative estimate of drug-likeness (QED) is 0.777. The highest BCUT2D eigenvalue weighted by atomic mass is 16.6. The Kier molecular flexibility index (Phi) is 6.45. The number of carbonyl (C=O) groups excluding carboxylic acids is 2. The van der Waals surface area contributed by atoms with Crippen molar-refractivity contribution in [2.45, 2.75) is 89.8 Å². The van der Waals surface area contributed by atoms with Crippen molar-refractivity contribution in [1.82, 2.24) is 10.6 Å². The zero-order valence-corrected chi connectivity index (χ0v) is 14.8. The highest BCUT2D eigenvalue weighted by Crippen LogP contribution is 2.27. The topological polar surface area (TPSA) is 67.4 Å². The Hall–Kier alpha value is -1.10. The highest BCUT2D eigenvalue weighted by Gasteiger charge is 2.31. The molecule has 0 radical (unpaired) electrons. The van der Waals surface area contributed by atoms with Crippen molar-refractivity contribution >= 4 is 11.9 Å². The van der Waals surface area contributed by atoms with Gasteiger partial charge in [0.05, 0.1) is 0 Å². The van der Waals surface area contributed by atoms with E-state index in [1.54, 1.807) is 0 Å². The first-order valence-corrected chi connectivity index (χ1v) is 9.09. The van der Waals surface area contributed by atoms with E-state index in [4.69, 9.17) is 4.74 Å². The van der Waals surface area contributed by atoms with Crippen LogP contribution in [0.15, 0.2) is 0 Å². The molecule has 5 heteroatoms. The molecule has 1 aliphatic carbocycles. The first-order chi connectivity index (χ1) is 10.8. The number of nitrogens with one attached hydrogen (secondary N) is 2. The van der Waals surface area contributed by atoms with Crippen LogP contribution in [0.1, 0.15) is 72.1 Å². The fourth-order valence-electron chi connectivity index (χ4n) is 3.60. The maximum Gasteiger partial charge on any atom is 0.407 e. The van der Waals surface area contributed by atoms with Crippen LogP contribution < -0.4 is 10.6 Å². The van der Waals surface area contributed by atoms with E-state index in [2.05, 4.69) is 10.6 Å². The lowest BCUT2D eigenvalue weighted by molar-refractivity contribution is -0.123. The third kappa shape index (κ3) is 6.50. The third-order valence-electron chi connectivity index (χ3n) is 4.71. The fraction of sp³-hybridized carbons (Fsp3) is 0.889. The van der Waals surface area contributed by atoms with E-state index in [0.29, 0.717) is 11.8 Å². The van der Waals surface area contributed by atoms with Gasteiger partial charge in [0.15, 0.2) is 0 Å². The van der Waals surface area contributed by atoms with Crippen molar-refractivity contribution in [2.75, 3.05) is 6.54 Å². The van der Waals surface area contributed by atoms with Crippen molar-refractivity contribution in [3.8, 4) is 0 Å². The summed E-state index contributed by atoms with van der Waals surface area (Å²) in [6.45, 7) is 6.61. The summed E-state index contributed by atoms with van der Waals surface area (Å²) in [6, 6.07) is 0.394. The van der Waals surface area contributed by atoms with Gasteiger partial charge in [-0.05, 0) is 65.8 Å². The molecule has 3 atom stereocenters. The van der Waals surface area contributed by atoms with E-state index < -0.39 is 5.60 Å². The van der Waals surface area contributed by atoms with Crippen LogP contribution in [0.5, 0.6) is 0 Å². The molecule has 0 aromatic carbocycles. The van der Waals surface area contributed by atoms with Gasteiger partial charge in [0.1, 0.15) is 11.4 Å². The van der Waals surface area contributed by atoms with Gasteiger partial charge in [-0.25, -0.2) is 4.79 Å². The zero-order valence-electron chi connectivity index (χ0n) is 14.8. The Morgan fingerprint density at radius 2 is 1.96 bits per heavy atom. The van der Waals surface area contributed by atoms with Crippen LogP contribution in [-0.2, 0) is 9.53 Å². The van der Waals surface area contributed by atoms with Crippen LogP contribution in [0.4, 0.5) is 4.79 Å². The fourth-order valence-corrected chi connectivity index (χ4v) is 3.60. The molecule has 1 amide bonds. The monoisotopic (exact) mass is 324 g/mol. The maximum absolute atomic E-state index is 12.4. The van der Waals surface area contributed by atoms with Gasteiger partial charge < -0.3 is 15.4 Å². The van der Waals surface area contributed by atoms with Crippen molar-refractivity contribution < 1.29 is 14.3 Å². The summed E-state index contributed by atoms with van der Waals surface area (Å²) < 4.78 is 5.37. The molecule has 23 heavy (non-hydrogen) atoms. The number of fused-ring (bicyclic) bond motifs is 2. The first kappa shape index (κ1) is 18.2. The molecule has 3 unspecified atom stereocenters. The summed E-state index contributed by atoms with van der Waals surface area (Å²) in [5.74, 6) is 0.563. The van der Waals surface area contributed by atoms with Crippen molar-refractivity contribution in [2.24, 2.45) is 5.92 Å². The van der Waals surface area contributed by atoms with Crippen LogP contribution in [0.3, 0.4) is 0 Å². The standard InChI is InChI=1S/C18H32N2O3/c1-18(2,3)23-17(22)20-14-9-8-13-11-15(12-14)19-10-6-4-5-7-16(13)21/h13-15,19H,4-12H2,1-3H3,(H,20,22). The number of hydrogen-bond donors (Lipinski definition) is 2. The average Bonchev–Trinajstić information content (AvgIpc) is 2.62. The second-order valence-corrected chi connectivity index (χ2v) is 8.02. The molecule has 132 valence electrons. The number of rotatable bonds is 1. The average molecular weight is 324 g/mol. The maximum atomic E-state index is 12.4. The summed E-state index contributed by atoms with van der Waals surface area (Å²) in [4.78, 5) is 24.4. The number of amides is 1. The van der Waals surface area contributed by atoms with E-state index in [1.165, 1.54) is 0 Å². The van der Waals surface area contributed by atoms with Crippen LogP contribution in [-0.4, -0.2) is 36.1 Å². The van der Waals surface area contributed by atoms with Crippen LogP contribution in [0.25, 0.3) is 0 Å². The molecule has 2 aliphatic rings. The minimum Gasteiger partial charge on any atom is -0.444 e. The molecule has 2 bridgehead atoms. The first-order valence-electron chi connectivity index (χ1n) is 9.09. The summed E-state index contributed by atoms with van der Waals surface area (Å²) >= 11 is 0. The lowest BCUT2D eigenvalue weighted by Crippen LogP contribution is -2.42. The molecular formula is C18H32N2O3. The Morgan fingerprint density at radius 3 is 2.70 bits per heavy atom. The van der Waals surface area contributed by atoms with Gasteiger partial charge in [0, 0.05) is 24.4 Å². The number of alkyl carbamates (subject to hydrolysis) is 1. The van der Waals surface area contributed by atoms with Crippen molar-refractivity contribution in [3.05, 3.63) is 0 Å². The lowest BCUT2D eigenvalue weighted by atomic mass is 9.90. The number of carbonyl (C=O) groups is 2. The Morgan fingerprint density at radius 1 is 1.17 bits per heavy atom. The molecule has 0 aromatic heterocycles. The zero-order chi connectivity index (χ0) is 16.9. The van der Waals surface area contributed by atoms with E-state index >= 15 is 0 Å². The molecule has 0 spiro atoms. The van der Waals surface area contributed by atoms with Gasteiger partial charge in [-0.15, -0.1) is 0 Å². The van der Waals surface area contributed by atoms with Gasteiger partial charge in [0.2, 0.25) is 0 Å². The van der Waals surface area contributed by atoms with Gasteiger partial charge in [0.25, 0.3) is 0 Å². The summed E-state index contributed by atoms with van der Waals surface area (Å²) in [5.41, 5.74) is -0.482. The van der Waals surface area contributed by atoms with Gasteiger partial charge in [-0.3, -0.25) is 4.79 Å². The SMILES string of the molecule is CC(C)(C)OC(=O)NC1CCC2CC(C1)NCCCCCC2=O. The van der Waals surface area contributed by atoms with Crippen LogP contribution in [0.2, 0.25) is 0 Å². The predicted octanol–water partition coefficient (Wildman–Crippen LogP) is 3.17. The van der Waals surface area contributed by atoms with Gasteiger partial charge >= 0.3 is 6.09 Å². The summed E-state index contributed by atoms with van der Waals surface area (Å²) in [6.07, 6.45) is 7.15. The molecule has 2 rings (SSSR count). The summed E-state index contributed by atoms with van der Waals surface area (Å²) in [7, 11) is 0. The molecule has 5 nitrogen and oxygen atoms in total. The molecular weight excluding hydrogens is 292 g/mol. The normalized spacial score (nSPS) is 30.2. The van der Waals surface area contributed by atoms with Gasteiger partial charge in [-0.1, -0.05) is 6.42 Å². The number of hydrogen-bond acceptors (Lipinski definition) is 4. The third-order valence-corrected chi connectivity index (χ3v) is 4.71. The van der Waals surface area contributed by atoms with E-state index in [0.717, 1.165) is 57.9 Å². The lowest BCUT2D eigenvalue weighted by Gasteiger charge is -2.25. The van der Waals surface area contributed by atoms with E-state index in [1.807, 2.05) is 20.8 Å². The number of ketones is 1.